The maximum atomic E-state index is 12.3. The minimum atomic E-state index is 0.199. The van der Waals surface area contributed by atoms with Crippen LogP contribution in [0.4, 0.5) is 11.4 Å². The third-order valence-electron chi connectivity index (χ3n) is 5.67. The van der Waals surface area contributed by atoms with Gasteiger partial charge in [0, 0.05) is 31.4 Å². The highest BCUT2D eigenvalue weighted by Crippen LogP contribution is 2.29. The molecular formula is C22H26N4O. The summed E-state index contributed by atoms with van der Waals surface area (Å²) in [6, 6.07) is 8.44. The van der Waals surface area contributed by atoms with E-state index in [0.29, 0.717) is 6.42 Å². The summed E-state index contributed by atoms with van der Waals surface area (Å²) in [5.74, 6) is 0.199. The van der Waals surface area contributed by atoms with E-state index in [1.165, 1.54) is 16.7 Å². The van der Waals surface area contributed by atoms with Crippen molar-refractivity contribution < 1.29 is 4.79 Å². The van der Waals surface area contributed by atoms with Crippen molar-refractivity contribution in [3.8, 4) is 0 Å². The number of aryl methyl sites for hydroxylation is 4. The van der Waals surface area contributed by atoms with E-state index in [0.717, 1.165) is 47.9 Å². The van der Waals surface area contributed by atoms with Gasteiger partial charge in [-0.05, 0) is 56.9 Å². The van der Waals surface area contributed by atoms with Crippen molar-refractivity contribution in [3.63, 3.8) is 0 Å². The first kappa shape index (κ1) is 17.6. The van der Waals surface area contributed by atoms with E-state index >= 15 is 0 Å². The number of nitrogens with one attached hydrogen (secondary N) is 1. The number of hydrogen-bond acceptors (Lipinski definition) is 3. The summed E-state index contributed by atoms with van der Waals surface area (Å²) >= 11 is 0. The van der Waals surface area contributed by atoms with E-state index in [2.05, 4.69) is 54.8 Å². The molecule has 0 spiro atoms. The normalized spacial score (nSPS) is 14.4. The van der Waals surface area contributed by atoms with Gasteiger partial charge in [0.05, 0.1) is 17.1 Å². The van der Waals surface area contributed by atoms with Crippen molar-refractivity contribution in [2.24, 2.45) is 0 Å². The smallest absolute Gasteiger partial charge is 0.227 e. The molecule has 2 aromatic heterocycles. The highest BCUT2D eigenvalue weighted by Gasteiger charge is 2.23. The van der Waals surface area contributed by atoms with Crippen molar-refractivity contribution in [3.05, 3.63) is 58.5 Å². The Bertz CT molecular complexity index is 1010. The van der Waals surface area contributed by atoms with Crippen LogP contribution in [0.25, 0.3) is 5.65 Å². The molecule has 0 saturated carbocycles. The monoisotopic (exact) mass is 362 g/mol. The van der Waals surface area contributed by atoms with Crippen LogP contribution in [0.5, 0.6) is 0 Å². The highest BCUT2D eigenvalue weighted by molar-refractivity contribution is 5.96. The van der Waals surface area contributed by atoms with Gasteiger partial charge in [-0.2, -0.15) is 0 Å². The van der Waals surface area contributed by atoms with Gasteiger partial charge in [0.1, 0.15) is 0 Å². The Morgan fingerprint density at radius 1 is 1.15 bits per heavy atom. The second-order valence-corrected chi connectivity index (χ2v) is 7.46. The van der Waals surface area contributed by atoms with Crippen molar-refractivity contribution in [2.75, 3.05) is 16.8 Å². The maximum absolute atomic E-state index is 12.3. The molecule has 0 radical (unpaired) electrons. The van der Waals surface area contributed by atoms with Crippen LogP contribution in [0, 0.1) is 27.7 Å². The molecule has 0 atom stereocenters. The van der Waals surface area contributed by atoms with Gasteiger partial charge in [0.2, 0.25) is 5.91 Å². The van der Waals surface area contributed by atoms with Gasteiger partial charge >= 0.3 is 0 Å². The van der Waals surface area contributed by atoms with Gasteiger partial charge in [-0.15, -0.1) is 0 Å². The molecule has 27 heavy (non-hydrogen) atoms. The number of carbonyl (C=O) groups is 1. The molecule has 1 aliphatic rings. The second kappa shape index (κ2) is 6.72. The van der Waals surface area contributed by atoms with Gasteiger partial charge in [-0.1, -0.05) is 18.2 Å². The van der Waals surface area contributed by atoms with Crippen molar-refractivity contribution in [1.29, 1.82) is 0 Å². The molecule has 0 unspecified atom stereocenters. The third-order valence-corrected chi connectivity index (χ3v) is 5.67. The Balaban J connectivity index is 1.76. The molecule has 4 rings (SSSR count). The van der Waals surface area contributed by atoms with E-state index in [9.17, 15) is 4.79 Å². The van der Waals surface area contributed by atoms with Gasteiger partial charge in [-0.25, -0.2) is 4.98 Å². The van der Waals surface area contributed by atoms with Gasteiger partial charge < -0.3 is 14.6 Å². The first-order valence-electron chi connectivity index (χ1n) is 9.54. The molecule has 0 bridgehead atoms. The Morgan fingerprint density at radius 2 is 1.89 bits per heavy atom. The van der Waals surface area contributed by atoms with Crippen molar-refractivity contribution in [1.82, 2.24) is 9.38 Å². The van der Waals surface area contributed by atoms with Gasteiger partial charge in [0.25, 0.3) is 0 Å². The average molecular weight is 362 g/mol. The number of benzene rings is 1. The number of amides is 1. The van der Waals surface area contributed by atoms with Gasteiger partial charge in [-0.3, -0.25) is 4.79 Å². The van der Waals surface area contributed by atoms with Crippen LogP contribution in [0.3, 0.4) is 0 Å². The molecule has 3 heterocycles. The number of nitrogens with zero attached hydrogens (tertiary/aromatic N) is 3. The van der Waals surface area contributed by atoms with Crippen LogP contribution in [-0.2, 0) is 11.3 Å². The Hall–Kier alpha value is -2.82. The molecule has 1 saturated heterocycles. The minimum Gasteiger partial charge on any atom is -0.378 e. The molecular weight excluding hydrogens is 336 g/mol. The SMILES string of the molecule is Cc1cccc(C)c1CNc1cc(N2CCCC2=O)cn2c(C)c(C)nc12. The lowest BCUT2D eigenvalue weighted by molar-refractivity contribution is -0.117. The van der Waals surface area contributed by atoms with E-state index < -0.39 is 0 Å². The summed E-state index contributed by atoms with van der Waals surface area (Å²) in [7, 11) is 0. The standard InChI is InChI=1S/C22H26N4O/c1-14-7-5-8-15(2)19(14)12-23-20-11-18(25-10-6-9-21(25)27)13-26-17(4)16(3)24-22(20)26/h5,7-8,11,13,23H,6,9-10,12H2,1-4H3. The number of rotatable bonds is 4. The molecule has 1 N–H and O–H groups in total. The number of hydrogen-bond donors (Lipinski definition) is 1. The molecule has 1 aliphatic heterocycles. The summed E-state index contributed by atoms with van der Waals surface area (Å²) < 4.78 is 2.10. The highest BCUT2D eigenvalue weighted by atomic mass is 16.2. The summed E-state index contributed by atoms with van der Waals surface area (Å²) in [6.45, 7) is 9.90. The number of fused-ring (bicyclic) bond motifs is 1. The van der Waals surface area contributed by atoms with E-state index in [1.54, 1.807) is 0 Å². The number of aromatic nitrogens is 2. The zero-order valence-electron chi connectivity index (χ0n) is 16.5. The van der Waals surface area contributed by atoms with E-state index in [4.69, 9.17) is 4.98 Å². The fourth-order valence-corrected chi connectivity index (χ4v) is 3.87. The molecule has 1 amide bonds. The zero-order chi connectivity index (χ0) is 19.1. The third kappa shape index (κ3) is 3.07. The van der Waals surface area contributed by atoms with Crippen LogP contribution >= 0.6 is 0 Å². The fourth-order valence-electron chi connectivity index (χ4n) is 3.87. The molecule has 5 nitrogen and oxygen atoms in total. The number of anilines is 2. The summed E-state index contributed by atoms with van der Waals surface area (Å²) in [5, 5.41) is 3.58. The van der Waals surface area contributed by atoms with Crippen molar-refractivity contribution >= 4 is 22.9 Å². The molecule has 140 valence electrons. The van der Waals surface area contributed by atoms with Crippen LogP contribution < -0.4 is 10.2 Å². The first-order chi connectivity index (χ1) is 13.0. The number of carbonyl (C=O) groups excluding carboxylic acids is 1. The quantitative estimate of drug-likeness (QED) is 0.752. The lowest BCUT2D eigenvalue weighted by Gasteiger charge is -2.19. The Labute approximate surface area is 160 Å². The number of pyridine rings is 1. The van der Waals surface area contributed by atoms with Crippen LogP contribution in [-0.4, -0.2) is 21.8 Å². The molecule has 3 aromatic rings. The second-order valence-electron chi connectivity index (χ2n) is 7.46. The lowest BCUT2D eigenvalue weighted by atomic mass is 10.0. The first-order valence-corrected chi connectivity index (χ1v) is 9.54. The lowest BCUT2D eigenvalue weighted by Crippen LogP contribution is -2.24. The average Bonchev–Trinajstić information content (AvgIpc) is 3.18. The largest absolute Gasteiger partial charge is 0.378 e. The number of imidazole rings is 1. The van der Waals surface area contributed by atoms with Crippen LogP contribution in [0.1, 0.15) is 40.9 Å². The van der Waals surface area contributed by atoms with Crippen LogP contribution in [0.15, 0.2) is 30.5 Å². The van der Waals surface area contributed by atoms with E-state index in [1.807, 2.05) is 18.0 Å². The predicted octanol–water partition coefficient (Wildman–Crippen LogP) is 4.31. The molecule has 0 aliphatic carbocycles. The molecule has 5 heteroatoms. The topological polar surface area (TPSA) is 49.6 Å². The van der Waals surface area contributed by atoms with Crippen molar-refractivity contribution in [2.45, 2.75) is 47.1 Å². The predicted molar refractivity (Wildman–Crippen MR) is 109 cm³/mol. The van der Waals surface area contributed by atoms with E-state index in [-0.39, 0.29) is 5.91 Å². The molecule has 1 fully saturated rings. The minimum absolute atomic E-state index is 0.199. The fraction of sp³-hybridized carbons (Fsp3) is 0.364. The summed E-state index contributed by atoms with van der Waals surface area (Å²) in [4.78, 5) is 18.9. The summed E-state index contributed by atoms with van der Waals surface area (Å²) in [6.07, 6.45) is 3.59. The molecule has 1 aromatic carbocycles. The zero-order valence-corrected chi connectivity index (χ0v) is 16.5. The van der Waals surface area contributed by atoms with Gasteiger partial charge in [0.15, 0.2) is 5.65 Å². The Kier molecular flexibility index (Phi) is 4.38. The summed E-state index contributed by atoms with van der Waals surface area (Å²) in [5.41, 5.74) is 8.79. The Morgan fingerprint density at radius 3 is 2.56 bits per heavy atom. The van der Waals surface area contributed by atoms with Crippen LogP contribution in [0.2, 0.25) is 0 Å². The maximum Gasteiger partial charge on any atom is 0.227 e.